The summed E-state index contributed by atoms with van der Waals surface area (Å²) in [6.07, 6.45) is 5.93. The summed E-state index contributed by atoms with van der Waals surface area (Å²) < 4.78 is 12.6. The zero-order valence-electron chi connectivity index (χ0n) is 6.90. The summed E-state index contributed by atoms with van der Waals surface area (Å²) in [5.74, 6) is -0.818. The van der Waals surface area contributed by atoms with Gasteiger partial charge in [-0.25, -0.2) is 4.39 Å². The second-order valence-electron chi connectivity index (χ2n) is 2.51. The summed E-state index contributed by atoms with van der Waals surface area (Å²) in [4.78, 5) is 14.0. The van der Waals surface area contributed by atoms with Crippen molar-refractivity contribution >= 4 is 12.0 Å². The highest BCUT2D eigenvalue weighted by atomic mass is 19.1. The number of carbonyl (C=O) groups is 1. The molecule has 68 valence electrons. The molecule has 13 heavy (non-hydrogen) atoms. The maximum absolute atomic E-state index is 12.6. The Morgan fingerprint density at radius 2 is 2.38 bits per heavy atom. The average Bonchev–Trinajstić information content (AvgIpc) is 2.03. The van der Waals surface area contributed by atoms with Gasteiger partial charge in [0.15, 0.2) is 0 Å². The highest BCUT2D eigenvalue weighted by molar-refractivity contribution is 5.76. The highest BCUT2D eigenvalue weighted by Crippen LogP contribution is 2.03. The summed E-state index contributed by atoms with van der Waals surface area (Å²) in [5.41, 5.74) is 5.52. The third kappa shape index (κ3) is 3.46. The number of hydrogen-bond acceptors (Lipinski definition) is 2. The molecule has 1 amide bonds. The molecule has 0 spiro atoms. The minimum absolute atomic E-state index is 0.149. The number of aromatic nitrogens is 1. The Kier molecular flexibility index (Phi) is 3.14. The van der Waals surface area contributed by atoms with Gasteiger partial charge in [-0.15, -0.1) is 0 Å². The van der Waals surface area contributed by atoms with Crippen molar-refractivity contribution in [3.05, 3.63) is 35.9 Å². The lowest BCUT2D eigenvalue weighted by Gasteiger charge is -1.91. The SMILES string of the molecule is NC(=O)CC=Cc1cncc(F)c1. The van der Waals surface area contributed by atoms with E-state index in [1.54, 1.807) is 12.2 Å². The molecule has 0 aromatic carbocycles. The van der Waals surface area contributed by atoms with Gasteiger partial charge in [-0.3, -0.25) is 9.78 Å². The number of amides is 1. The Hall–Kier alpha value is -1.71. The number of primary amides is 1. The van der Waals surface area contributed by atoms with Gasteiger partial charge in [0, 0.05) is 12.6 Å². The number of pyridine rings is 1. The van der Waals surface area contributed by atoms with Crippen LogP contribution in [0.3, 0.4) is 0 Å². The van der Waals surface area contributed by atoms with Gasteiger partial charge in [0.05, 0.1) is 6.20 Å². The lowest BCUT2D eigenvalue weighted by atomic mass is 10.2. The van der Waals surface area contributed by atoms with Crippen LogP contribution in [0.4, 0.5) is 4.39 Å². The van der Waals surface area contributed by atoms with Crippen molar-refractivity contribution in [2.75, 3.05) is 0 Å². The predicted octanol–water partition coefficient (Wildman–Crippen LogP) is 1.11. The molecule has 0 bridgehead atoms. The van der Waals surface area contributed by atoms with Crippen LogP contribution < -0.4 is 5.73 Å². The zero-order chi connectivity index (χ0) is 9.68. The molecule has 0 saturated heterocycles. The van der Waals surface area contributed by atoms with Crippen molar-refractivity contribution in [1.82, 2.24) is 4.98 Å². The van der Waals surface area contributed by atoms with E-state index < -0.39 is 11.7 Å². The Balaban J connectivity index is 2.63. The zero-order valence-corrected chi connectivity index (χ0v) is 6.90. The molecule has 0 atom stereocenters. The summed E-state index contributed by atoms with van der Waals surface area (Å²) in [5, 5.41) is 0. The maximum Gasteiger partial charge on any atom is 0.221 e. The average molecular weight is 180 g/mol. The van der Waals surface area contributed by atoms with Crippen molar-refractivity contribution in [2.24, 2.45) is 5.73 Å². The summed E-state index contributed by atoms with van der Waals surface area (Å²) >= 11 is 0. The van der Waals surface area contributed by atoms with Crippen LogP contribution in [0.1, 0.15) is 12.0 Å². The molecule has 0 aliphatic heterocycles. The van der Waals surface area contributed by atoms with Crippen LogP contribution in [0.15, 0.2) is 24.5 Å². The topological polar surface area (TPSA) is 56.0 Å². The summed E-state index contributed by atoms with van der Waals surface area (Å²) in [6, 6.07) is 1.32. The van der Waals surface area contributed by atoms with Crippen molar-refractivity contribution in [3.8, 4) is 0 Å². The van der Waals surface area contributed by atoms with E-state index in [2.05, 4.69) is 4.98 Å². The lowest BCUT2D eigenvalue weighted by Crippen LogP contribution is -2.07. The molecular weight excluding hydrogens is 171 g/mol. The van der Waals surface area contributed by atoms with Crippen LogP contribution in [0.2, 0.25) is 0 Å². The predicted molar refractivity (Wildman–Crippen MR) is 47.0 cm³/mol. The van der Waals surface area contributed by atoms with E-state index in [1.165, 1.54) is 12.3 Å². The van der Waals surface area contributed by atoms with Crippen molar-refractivity contribution in [2.45, 2.75) is 6.42 Å². The van der Waals surface area contributed by atoms with E-state index in [9.17, 15) is 9.18 Å². The van der Waals surface area contributed by atoms with Crippen LogP contribution >= 0.6 is 0 Å². The molecule has 1 aromatic rings. The molecule has 0 fully saturated rings. The van der Waals surface area contributed by atoms with Gasteiger partial charge in [-0.1, -0.05) is 12.2 Å². The van der Waals surface area contributed by atoms with E-state index in [1.807, 2.05) is 0 Å². The van der Waals surface area contributed by atoms with Gasteiger partial charge in [0.1, 0.15) is 5.82 Å². The summed E-state index contributed by atoms with van der Waals surface area (Å²) in [7, 11) is 0. The van der Waals surface area contributed by atoms with Crippen LogP contribution in [0, 0.1) is 5.82 Å². The van der Waals surface area contributed by atoms with Crippen LogP contribution in [0.25, 0.3) is 6.08 Å². The van der Waals surface area contributed by atoms with E-state index in [4.69, 9.17) is 5.73 Å². The Morgan fingerprint density at radius 3 is 3.00 bits per heavy atom. The monoisotopic (exact) mass is 180 g/mol. The second kappa shape index (κ2) is 4.35. The fourth-order valence-corrected chi connectivity index (χ4v) is 0.831. The van der Waals surface area contributed by atoms with E-state index >= 15 is 0 Å². The first-order chi connectivity index (χ1) is 6.18. The smallest absolute Gasteiger partial charge is 0.221 e. The van der Waals surface area contributed by atoms with Gasteiger partial charge >= 0.3 is 0 Å². The number of halogens is 1. The molecule has 1 aromatic heterocycles. The van der Waals surface area contributed by atoms with Crippen LogP contribution in [-0.4, -0.2) is 10.9 Å². The van der Waals surface area contributed by atoms with Crippen LogP contribution in [0.5, 0.6) is 0 Å². The number of rotatable bonds is 3. The van der Waals surface area contributed by atoms with Gasteiger partial charge in [-0.2, -0.15) is 0 Å². The fourth-order valence-electron chi connectivity index (χ4n) is 0.831. The van der Waals surface area contributed by atoms with E-state index in [0.717, 1.165) is 6.20 Å². The largest absolute Gasteiger partial charge is 0.369 e. The highest BCUT2D eigenvalue weighted by Gasteiger charge is 1.91. The molecule has 0 radical (unpaired) electrons. The normalized spacial score (nSPS) is 10.5. The molecule has 0 aliphatic carbocycles. The van der Waals surface area contributed by atoms with Crippen molar-refractivity contribution in [3.63, 3.8) is 0 Å². The third-order valence-corrected chi connectivity index (χ3v) is 1.36. The number of carbonyl (C=O) groups excluding carboxylic acids is 1. The fraction of sp³-hybridized carbons (Fsp3) is 0.111. The van der Waals surface area contributed by atoms with Gasteiger partial charge in [0.2, 0.25) is 5.91 Å². The molecule has 1 heterocycles. The maximum atomic E-state index is 12.6. The van der Waals surface area contributed by atoms with Gasteiger partial charge in [0.25, 0.3) is 0 Å². The molecule has 4 heteroatoms. The number of nitrogens with zero attached hydrogens (tertiary/aromatic N) is 1. The second-order valence-corrected chi connectivity index (χ2v) is 2.51. The minimum Gasteiger partial charge on any atom is -0.369 e. The molecule has 0 saturated carbocycles. The third-order valence-electron chi connectivity index (χ3n) is 1.36. The van der Waals surface area contributed by atoms with Crippen molar-refractivity contribution < 1.29 is 9.18 Å². The minimum atomic E-state index is -0.416. The molecule has 2 N–H and O–H groups in total. The molecule has 3 nitrogen and oxygen atoms in total. The first-order valence-corrected chi connectivity index (χ1v) is 3.74. The standard InChI is InChI=1S/C9H9FN2O/c10-8-4-7(5-12-6-8)2-1-3-9(11)13/h1-2,4-6H,3H2,(H2,11,13). The molecule has 1 rings (SSSR count). The van der Waals surface area contributed by atoms with Crippen LogP contribution in [-0.2, 0) is 4.79 Å². The first-order valence-electron chi connectivity index (χ1n) is 3.74. The van der Waals surface area contributed by atoms with Gasteiger partial charge in [-0.05, 0) is 11.6 Å². The Labute approximate surface area is 75.1 Å². The molecule has 0 aliphatic rings. The molecular formula is C9H9FN2O. The van der Waals surface area contributed by atoms with E-state index in [0.29, 0.717) is 5.56 Å². The Morgan fingerprint density at radius 1 is 1.62 bits per heavy atom. The number of hydrogen-bond donors (Lipinski definition) is 1. The lowest BCUT2D eigenvalue weighted by molar-refractivity contribution is -0.117. The van der Waals surface area contributed by atoms with Crippen molar-refractivity contribution in [1.29, 1.82) is 0 Å². The first kappa shape index (κ1) is 9.38. The Bertz CT molecular complexity index is 336. The molecule has 0 unspecified atom stereocenters. The van der Waals surface area contributed by atoms with Gasteiger partial charge < -0.3 is 5.73 Å². The van der Waals surface area contributed by atoms with E-state index in [-0.39, 0.29) is 6.42 Å². The quantitative estimate of drug-likeness (QED) is 0.757. The summed E-state index contributed by atoms with van der Waals surface area (Å²) in [6.45, 7) is 0. The number of nitrogens with two attached hydrogens (primary N) is 1.